The van der Waals surface area contributed by atoms with Crippen LogP contribution in [0.5, 0.6) is 5.75 Å². The van der Waals surface area contributed by atoms with Gasteiger partial charge in [-0.15, -0.1) is 0 Å². The molecule has 0 spiro atoms. The van der Waals surface area contributed by atoms with Crippen molar-refractivity contribution in [2.45, 2.75) is 37.6 Å². The highest BCUT2D eigenvalue weighted by atomic mass is 32.2. The molecule has 1 atom stereocenters. The highest BCUT2D eigenvalue weighted by Crippen LogP contribution is 2.30. The van der Waals surface area contributed by atoms with Crippen LogP contribution < -0.4 is 15.4 Å². The van der Waals surface area contributed by atoms with Crippen molar-refractivity contribution >= 4 is 39.1 Å². The van der Waals surface area contributed by atoms with Crippen molar-refractivity contribution < 1.29 is 27.5 Å². The van der Waals surface area contributed by atoms with Crippen LogP contribution in [0.15, 0.2) is 47.4 Å². The van der Waals surface area contributed by atoms with Crippen LogP contribution in [0.1, 0.15) is 25.3 Å². The average molecular weight is 445 g/mol. The lowest BCUT2D eigenvalue weighted by Gasteiger charge is -2.24. The molecule has 0 radical (unpaired) electrons. The molecule has 1 fully saturated rings. The van der Waals surface area contributed by atoms with Crippen molar-refractivity contribution in [2.75, 3.05) is 17.7 Å². The van der Waals surface area contributed by atoms with Crippen LogP contribution in [0.2, 0.25) is 0 Å². The molecule has 31 heavy (non-hydrogen) atoms. The van der Waals surface area contributed by atoms with Gasteiger partial charge >= 0.3 is 0 Å². The molecule has 0 bridgehead atoms. The van der Waals surface area contributed by atoms with Gasteiger partial charge in [0.25, 0.3) is 10.0 Å². The van der Waals surface area contributed by atoms with Crippen LogP contribution in [0.25, 0.3) is 0 Å². The van der Waals surface area contributed by atoms with Crippen molar-refractivity contribution in [3.8, 4) is 5.75 Å². The van der Waals surface area contributed by atoms with E-state index in [-0.39, 0.29) is 23.6 Å². The predicted octanol–water partition coefficient (Wildman–Crippen LogP) is 2.28. The van der Waals surface area contributed by atoms with Gasteiger partial charge in [-0.2, -0.15) is 0 Å². The van der Waals surface area contributed by atoms with E-state index >= 15 is 0 Å². The molecule has 1 aliphatic rings. The zero-order chi connectivity index (χ0) is 22.8. The molecule has 0 aromatic heterocycles. The lowest BCUT2D eigenvalue weighted by Crippen LogP contribution is -2.45. The fourth-order valence-corrected chi connectivity index (χ4v) is 5.08. The van der Waals surface area contributed by atoms with Crippen molar-refractivity contribution in [3.63, 3.8) is 0 Å². The van der Waals surface area contributed by atoms with E-state index in [1.165, 1.54) is 32.2 Å². The Morgan fingerprint density at radius 1 is 1.06 bits per heavy atom. The largest absolute Gasteiger partial charge is 0.496 e. The van der Waals surface area contributed by atoms with Gasteiger partial charge in [-0.05, 0) is 61.4 Å². The molecule has 0 aliphatic carbocycles. The summed E-state index contributed by atoms with van der Waals surface area (Å²) in [5.74, 6) is -0.943. The number of hydrogen-bond donors (Lipinski definition) is 2. The number of nitrogens with zero attached hydrogens (tertiary/aromatic N) is 1. The van der Waals surface area contributed by atoms with Crippen molar-refractivity contribution in [1.82, 2.24) is 4.31 Å². The highest BCUT2D eigenvalue weighted by Gasteiger charge is 2.44. The Morgan fingerprint density at radius 3 is 2.23 bits per heavy atom. The first kappa shape index (κ1) is 22.3. The maximum absolute atomic E-state index is 13.2. The smallest absolute Gasteiger partial charge is 0.267 e. The number of anilines is 2. The molecule has 2 N–H and O–H groups in total. The monoisotopic (exact) mass is 445 g/mol. The molecule has 164 valence electrons. The predicted molar refractivity (Wildman–Crippen MR) is 114 cm³/mol. The summed E-state index contributed by atoms with van der Waals surface area (Å²) in [6.45, 7) is 3.07. The van der Waals surface area contributed by atoms with Gasteiger partial charge in [0.15, 0.2) is 0 Å². The number of benzene rings is 2. The van der Waals surface area contributed by atoms with E-state index in [4.69, 9.17) is 4.74 Å². The molecule has 0 saturated carbocycles. The van der Waals surface area contributed by atoms with Gasteiger partial charge in [0.1, 0.15) is 11.8 Å². The molecule has 1 heterocycles. The Balaban J connectivity index is 1.82. The van der Waals surface area contributed by atoms with Gasteiger partial charge in [0.2, 0.25) is 17.7 Å². The molecule has 3 rings (SSSR count). The van der Waals surface area contributed by atoms with Crippen LogP contribution in [-0.4, -0.2) is 43.6 Å². The lowest BCUT2D eigenvalue weighted by molar-refractivity contribution is -0.128. The fraction of sp³-hybridized carbons (Fsp3) is 0.286. The zero-order valence-corrected chi connectivity index (χ0v) is 18.2. The summed E-state index contributed by atoms with van der Waals surface area (Å²) < 4.78 is 32.1. The van der Waals surface area contributed by atoms with Crippen molar-refractivity contribution in [2.24, 2.45) is 0 Å². The molecule has 9 nitrogen and oxygen atoms in total. The number of carbonyl (C=O) groups excluding carboxylic acids is 3. The van der Waals surface area contributed by atoms with E-state index in [1.54, 1.807) is 31.2 Å². The molecule has 0 unspecified atom stereocenters. The highest BCUT2D eigenvalue weighted by molar-refractivity contribution is 7.89. The molecule has 2 aromatic rings. The van der Waals surface area contributed by atoms with Gasteiger partial charge in [0.05, 0.1) is 12.0 Å². The van der Waals surface area contributed by atoms with Crippen LogP contribution in [0, 0.1) is 6.92 Å². The van der Waals surface area contributed by atoms with E-state index in [2.05, 4.69) is 10.6 Å². The summed E-state index contributed by atoms with van der Waals surface area (Å²) in [6, 6.07) is 9.47. The second kappa shape index (κ2) is 8.76. The first-order valence-corrected chi connectivity index (χ1v) is 11.0. The van der Waals surface area contributed by atoms with Gasteiger partial charge in [0, 0.05) is 24.7 Å². The normalized spacial score (nSPS) is 16.2. The molecule has 2 aromatic carbocycles. The Kier molecular flexibility index (Phi) is 6.30. The molecule has 1 saturated heterocycles. The number of aryl methyl sites for hydroxylation is 1. The summed E-state index contributed by atoms with van der Waals surface area (Å²) in [4.78, 5) is 36.3. The SMILES string of the molecule is COc1ccc(S(=O)(=O)N2C(=O)CC[C@H]2C(=O)Nc2ccc(NC(C)=O)cc2)cc1C. The van der Waals surface area contributed by atoms with Gasteiger partial charge in [-0.25, -0.2) is 12.7 Å². The molecular weight excluding hydrogens is 422 g/mol. The maximum atomic E-state index is 13.2. The van der Waals surface area contributed by atoms with Crippen LogP contribution in [0.4, 0.5) is 11.4 Å². The minimum Gasteiger partial charge on any atom is -0.496 e. The van der Waals surface area contributed by atoms with E-state index < -0.39 is 27.9 Å². The van der Waals surface area contributed by atoms with Crippen LogP contribution >= 0.6 is 0 Å². The standard InChI is InChI=1S/C21H23N3O6S/c1-13-12-17(8-10-19(13)30-3)31(28,29)24-18(9-11-20(24)26)21(27)23-16-6-4-15(5-7-16)22-14(2)25/h4-8,10,12,18H,9,11H2,1-3H3,(H,22,25)(H,23,27)/t18-/m0/s1. The third-order valence-electron chi connectivity index (χ3n) is 4.86. The summed E-state index contributed by atoms with van der Waals surface area (Å²) in [7, 11) is -2.75. The quantitative estimate of drug-likeness (QED) is 0.704. The summed E-state index contributed by atoms with van der Waals surface area (Å²) in [5, 5.41) is 5.25. The number of amides is 3. The Labute approximate surface area is 180 Å². The van der Waals surface area contributed by atoms with Crippen LogP contribution in [-0.2, 0) is 24.4 Å². The summed E-state index contributed by atoms with van der Waals surface area (Å²) >= 11 is 0. The third-order valence-corrected chi connectivity index (χ3v) is 6.68. The number of ether oxygens (including phenoxy) is 1. The average Bonchev–Trinajstić information content (AvgIpc) is 3.11. The number of nitrogens with one attached hydrogen (secondary N) is 2. The Morgan fingerprint density at radius 2 is 1.68 bits per heavy atom. The van der Waals surface area contributed by atoms with Crippen molar-refractivity contribution in [3.05, 3.63) is 48.0 Å². The van der Waals surface area contributed by atoms with E-state index in [9.17, 15) is 22.8 Å². The number of carbonyl (C=O) groups is 3. The first-order valence-electron chi connectivity index (χ1n) is 9.54. The first-order chi connectivity index (χ1) is 14.6. The molecule has 3 amide bonds. The van der Waals surface area contributed by atoms with Gasteiger partial charge in [-0.3, -0.25) is 14.4 Å². The van der Waals surface area contributed by atoms with Crippen LogP contribution in [0.3, 0.4) is 0 Å². The summed E-state index contributed by atoms with van der Waals surface area (Å²) in [5.41, 5.74) is 1.56. The maximum Gasteiger partial charge on any atom is 0.267 e. The summed E-state index contributed by atoms with van der Waals surface area (Å²) in [6.07, 6.45) is 0.0386. The fourth-order valence-electron chi connectivity index (χ4n) is 3.39. The lowest BCUT2D eigenvalue weighted by atomic mass is 10.2. The Bertz CT molecular complexity index is 1130. The number of methoxy groups -OCH3 is 1. The van der Waals surface area contributed by atoms with E-state index in [0.717, 1.165) is 0 Å². The second-order valence-electron chi connectivity index (χ2n) is 7.13. The minimum absolute atomic E-state index is 0.0477. The van der Waals surface area contributed by atoms with E-state index in [0.29, 0.717) is 27.0 Å². The molecular formula is C21H23N3O6S. The zero-order valence-electron chi connectivity index (χ0n) is 17.3. The Hall–Kier alpha value is -3.40. The second-order valence-corrected chi connectivity index (χ2v) is 8.94. The third kappa shape index (κ3) is 4.69. The number of sulfonamides is 1. The van der Waals surface area contributed by atoms with Crippen molar-refractivity contribution in [1.29, 1.82) is 0 Å². The minimum atomic E-state index is -4.22. The molecule has 1 aliphatic heterocycles. The van der Waals surface area contributed by atoms with Gasteiger partial charge in [-0.1, -0.05) is 0 Å². The van der Waals surface area contributed by atoms with E-state index in [1.807, 2.05) is 0 Å². The number of rotatable bonds is 6. The van der Waals surface area contributed by atoms with Gasteiger partial charge < -0.3 is 15.4 Å². The topological polar surface area (TPSA) is 122 Å². The molecule has 10 heteroatoms. The number of hydrogen-bond acceptors (Lipinski definition) is 6.